The zero-order valence-corrected chi connectivity index (χ0v) is 9.07. The number of aromatic amines is 1. The largest absolute Gasteiger partial charge is 0.395 e. The molecule has 1 aromatic heterocycles. The molecule has 2 N–H and O–H groups in total. The number of hydrogen-bond donors (Lipinski definition) is 2. The summed E-state index contributed by atoms with van der Waals surface area (Å²) in [5, 5.41) is 8.90. The molecule has 2 aromatic rings. The van der Waals surface area contributed by atoms with Crippen molar-refractivity contribution in [2.24, 2.45) is 0 Å². The van der Waals surface area contributed by atoms with Gasteiger partial charge in [0, 0.05) is 13.1 Å². The molecule has 0 amide bonds. The number of nitrogens with one attached hydrogen (secondary N) is 1. The van der Waals surface area contributed by atoms with Crippen LogP contribution in [0.5, 0.6) is 0 Å². The molecule has 0 unspecified atom stereocenters. The van der Waals surface area contributed by atoms with Crippen molar-refractivity contribution in [3.8, 4) is 0 Å². The molecule has 5 heteroatoms. The van der Waals surface area contributed by atoms with Gasteiger partial charge in [0.1, 0.15) is 5.82 Å². The minimum atomic E-state index is -0.284. The Bertz CT molecular complexity index is 483. The molecule has 16 heavy (non-hydrogen) atoms. The lowest BCUT2D eigenvalue weighted by atomic mass is 10.3. The number of halogens is 1. The summed E-state index contributed by atoms with van der Waals surface area (Å²) in [5.41, 5.74) is 1.40. The van der Waals surface area contributed by atoms with Crippen LogP contribution in [-0.4, -0.2) is 34.8 Å². The Morgan fingerprint density at radius 3 is 3.00 bits per heavy atom. The van der Waals surface area contributed by atoms with Crippen LogP contribution in [0, 0.1) is 5.82 Å². The van der Waals surface area contributed by atoms with Crippen LogP contribution >= 0.6 is 0 Å². The molecule has 1 heterocycles. The van der Waals surface area contributed by atoms with Gasteiger partial charge in [0.15, 0.2) is 0 Å². The Balaban J connectivity index is 2.37. The lowest BCUT2D eigenvalue weighted by molar-refractivity contribution is 0.302. The van der Waals surface area contributed by atoms with Crippen molar-refractivity contribution in [2.75, 3.05) is 24.6 Å². The van der Waals surface area contributed by atoms with Gasteiger partial charge in [-0.3, -0.25) is 0 Å². The molecule has 0 atom stereocenters. The number of benzene rings is 1. The number of aliphatic hydroxyl groups excluding tert-OH is 1. The Kier molecular flexibility index (Phi) is 3.05. The number of nitrogens with zero attached hydrogens (tertiary/aromatic N) is 2. The van der Waals surface area contributed by atoms with Crippen LogP contribution in [-0.2, 0) is 0 Å². The third-order valence-corrected chi connectivity index (χ3v) is 2.48. The van der Waals surface area contributed by atoms with Gasteiger partial charge in [-0.25, -0.2) is 9.37 Å². The molecule has 0 fully saturated rings. The smallest absolute Gasteiger partial charge is 0.203 e. The van der Waals surface area contributed by atoms with Crippen molar-refractivity contribution in [2.45, 2.75) is 6.92 Å². The fourth-order valence-electron chi connectivity index (χ4n) is 1.65. The SMILES string of the molecule is CCN(CCO)c1nc2ccc(F)cc2[nH]1. The maximum atomic E-state index is 13.0. The second-order valence-corrected chi connectivity index (χ2v) is 3.53. The quantitative estimate of drug-likeness (QED) is 0.826. The monoisotopic (exact) mass is 223 g/mol. The van der Waals surface area contributed by atoms with E-state index in [4.69, 9.17) is 5.11 Å². The Morgan fingerprint density at radius 1 is 1.50 bits per heavy atom. The van der Waals surface area contributed by atoms with Gasteiger partial charge < -0.3 is 15.0 Å². The third kappa shape index (κ3) is 1.99. The molecule has 2 rings (SSSR count). The van der Waals surface area contributed by atoms with Crippen LogP contribution in [0.25, 0.3) is 11.0 Å². The maximum Gasteiger partial charge on any atom is 0.203 e. The van der Waals surface area contributed by atoms with E-state index in [0.717, 1.165) is 12.1 Å². The first-order valence-corrected chi connectivity index (χ1v) is 5.25. The van der Waals surface area contributed by atoms with Crippen LogP contribution in [0.3, 0.4) is 0 Å². The molecular weight excluding hydrogens is 209 g/mol. The first-order chi connectivity index (χ1) is 7.74. The summed E-state index contributed by atoms with van der Waals surface area (Å²) in [7, 11) is 0. The fourth-order valence-corrected chi connectivity index (χ4v) is 1.65. The summed E-state index contributed by atoms with van der Waals surface area (Å²) in [6.07, 6.45) is 0. The van der Waals surface area contributed by atoms with Gasteiger partial charge in [-0.15, -0.1) is 0 Å². The van der Waals surface area contributed by atoms with E-state index in [1.807, 2.05) is 11.8 Å². The van der Waals surface area contributed by atoms with E-state index in [1.54, 1.807) is 6.07 Å². The minimum Gasteiger partial charge on any atom is -0.395 e. The zero-order chi connectivity index (χ0) is 11.5. The van der Waals surface area contributed by atoms with Crippen molar-refractivity contribution >= 4 is 17.0 Å². The predicted octanol–water partition coefficient (Wildman–Crippen LogP) is 1.52. The summed E-state index contributed by atoms with van der Waals surface area (Å²) in [5.74, 6) is 0.380. The molecular formula is C11H14FN3O. The molecule has 0 saturated carbocycles. The number of imidazole rings is 1. The van der Waals surface area contributed by atoms with E-state index in [9.17, 15) is 4.39 Å². The number of rotatable bonds is 4. The first-order valence-electron chi connectivity index (χ1n) is 5.25. The van der Waals surface area contributed by atoms with Crippen molar-refractivity contribution in [3.63, 3.8) is 0 Å². The van der Waals surface area contributed by atoms with E-state index in [0.29, 0.717) is 18.0 Å². The van der Waals surface area contributed by atoms with Crippen molar-refractivity contribution in [1.82, 2.24) is 9.97 Å². The number of hydrogen-bond acceptors (Lipinski definition) is 3. The summed E-state index contributed by atoms with van der Waals surface area (Å²) < 4.78 is 13.0. The number of aromatic nitrogens is 2. The van der Waals surface area contributed by atoms with Gasteiger partial charge in [0.2, 0.25) is 5.95 Å². The van der Waals surface area contributed by atoms with E-state index in [2.05, 4.69) is 9.97 Å². The molecule has 0 aliphatic rings. The second kappa shape index (κ2) is 4.49. The fraction of sp³-hybridized carbons (Fsp3) is 0.364. The second-order valence-electron chi connectivity index (χ2n) is 3.53. The van der Waals surface area contributed by atoms with E-state index >= 15 is 0 Å². The Hall–Kier alpha value is -1.62. The number of H-pyrrole nitrogens is 1. The van der Waals surface area contributed by atoms with Gasteiger partial charge in [-0.1, -0.05) is 0 Å². The highest BCUT2D eigenvalue weighted by Gasteiger charge is 2.09. The first kappa shape index (κ1) is 10.9. The third-order valence-electron chi connectivity index (χ3n) is 2.48. The predicted molar refractivity (Wildman–Crippen MR) is 61.0 cm³/mol. The van der Waals surface area contributed by atoms with Gasteiger partial charge in [0.25, 0.3) is 0 Å². The molecule has 4 nitrogen and oxygen atoms in total. The Morgan fingerprint density at radius 2 is 2.31 bits per heavy atom. The number of anilines is 1. The summed E-state index contributed by atoms with van der Waals surface area (Å²) in [6, 6.07) is 4.44. The van der Waals surface area contributed by atoms with Crippen molar-refractivity contribution < 1.29 is 9.50 Å². The molecule has 1 aromatic carbocycles. The maximum absolute atomic E-state index is 13.0. The lowest BCUT2D eigenvalue weighted by Gasteiger charge is -2.17. The van der Waals surface area contributed by atoms with Gasteiger partial charge in [0.05, 0.1) is 17.6 Å². The highest BCUT2D eigenvalue weighted by molar-refractivity contribution is 5.77. The molecule has 86 valence electrons. The molecule has 0 spiro atoms. The highest BCUT2D eigenvalue weighted by atomic mass is 19.1. The van der Waals surface area contributed by atoms with E-state index in [-0.39, 0.29) is 12.4 Å². The number of aliphatic hydroxyl groups is 1. The topological polar surface area (TPSA) is 52.1 Å². The number of fused-ring (bicyclic) bond motifs is 1. The summed E-state index contributed by atoms with van der Waals surface area (Å²) in [4.78, 5) is 9.27. The molecule has 0 radical (unpaired) electrons. The normalized spacial score (nSPS) is 10.9. The lowest BCUT2D eigenvalue weighted by Crippen LogP contribution is -2.27. The van der Waals surface area contributed by atoms with Gasteiger partial charge in [-0.05, 0) is 25.1 Å². The minimum absolute atomic E-state index is 0.0687. The van der Waals surface area contributed by atoms with Crippen LogP contribution in [0.4, 0.5) is 10.3 Å². The van der Waals surface area contributed by atoms with Gasteiger partial charge >= 0.3 is 0 Å². The van der Waals surface area contributed by atoms with Crippen LogP contribution in [0.2, 0.25) is 0 Å². The zero-order valence-electron chi connectivity index (χ0n) is 9.07. The van der Waals surface area contributed by atoms with E-state index in [1.165, 1.54) is 12.1 Å². The average molecular weight is 223 g/mol. The number of likely N-dealkylation sites (N-methyl/N-ethyl adjacent to an activating group) is 1. The molecule has 0 aliphatic heterocycles. The average Bonchev–Trinajstić information content (AvgIpc) is 2.68. The molecule has 0 bridgehead atoms. The van der Waals surface area contributed by atoms with Crippen LogP contribution in [0.15, 0.2) is 18.2 Å². The summed E-state index contributed by atoms with van der Waals surface area (Å²) >= 11 is 0. The van der Waals surface area contributed by atoms with Crippen molar-refractivity contribution in [3.05, 3.63) is 24.0 Å². The molecule has 0 aliphatic carbocycles. The Labute approximate surface area is 92.7 Å². The standard InChI is InChI=1S/C11H14FN3O/c1-2-15(5-6-16)11-13-9-4-3-8(12)7-10(9)14-11/h3-4,7,16H,2,5-6H2,1H3,(H,13,14). The summed E-state index contributed by atoms with van der Waals surface area (Å²) in [6.45, 7) is 3.30. The van der Waals surface area contributed by atoms with Crippen LogP contribution < -0.4 is 4.90 Å². The highest BCUT2D eigenvalue weighted by Crippen LogP contribution is 2.17. The van der Waals surface area contributed by atoms with E-state index < -0.39 is 0 Å². The van der Waals surface area contributed by atoms with Crippen molar-refractivity contribution in [1.29, 1.82) is 0 Å². The van der Waals surface area contributed by atoms with Crippen LogP contribution in [0.1, 0.15) is 6.92 Å². The molecule has 0 saturated heterocycles. The van der Waals surface area contributed by atoms with Gasteiger partial charge in [-0.2, -0.15) is 0 Å².